The van der Waals surface area contributed by atoms with Crippen molar-refractivity contribution in [1.82, 2.24) is 10.3 Å². The van der Waals surface area contributed by atoms with E-state index in [0.717, 1.165) is 4.88 Å². The quantitative estimate of drug-likeness (QED) is 0.856. The Kier molecular flexibility index (Phi) is 4.92. The van der Waals surface area contributed by atoms with Gasteiger partial charge in [0.15, 0.2) is 0 Å². The van der Waals surface area contributed by atoms with Crippen molar-refractivity contribution in [2.45, 2.75) is 32.7 Å². The highest BCUT2D eigenvalue weighted by molar-refractivity contribution is 7.13. The first-order chi connectivity index (χ1) is 9.60. The zero-order chi connectivity index (χ0) is 14.5. The number of carbonyl (C=O) groups is 1. The van der Waals surface area contributed by atoms with Crippen LogP contribution in [0, 0.1) is 6.92 Å². The highest BCUT2D eigenvalue weighted by atomic mass is 32.1. The number of rotatable bonds is 6. The monoisotopic (exact) mass is 294 g/mol. The number of aryl methyl sites for hydroxylation is 1. The molecule has 1 amide bonds. The van der Waals surface area contributed by atoms with Crippen LogP contribution in [0.2, 0.25) is 0 Å². The second-order valence-electron chi connectivity index (χ2n) is 4.66. The molecular weight excluding hydrogens is 276 g/mol. The van der Waals surface area contributed by atoms with Gasteiger partial charge >= 0.3 is 0 Å². The van der Waals surface area contributed by atoms with Crippen molar-refractivity contribution in [2.75, 3.05) is 6.61 Å². The minimum absolute atomic E-state index is 0.0449. The zero-order valence-electron chi connectivity index (χ0n) is 11.5. The van der Waals surface area contributed by atoms with E-state index in [0.29, 0.717) is 23.8 Å². The molecule has 0 saturated carbocycles. The fourth-order valence-corrected chi connectivity index (χ4v) is 2.49. The van der Waals surface area contributed by atoms with Gasteiger partial charge in [-0.05, 0) is 31.7 Å². The van der Waals surface area contributed by atoms with E-state index in [-0.39, 0.29) is 25.0 Å². The van der Waals surface area contributed by atoms with Crippen molar-refractivity contribution >= 4 is 17.2 Å². The van der Waals surface area contributed by atoms with Crippen LogP contribution >= 0.6 is 11.3 Å². The van der Waals surface area contributed by atoms with Crippen molar-refractivity contribution in [3.63, 3.8) is 0 Å². The van der Waals surface area contributed by atoms with Crippen LogP contribution in [0.5, 0.6) is 0 Å². The fourth-order valence-electron chi connectivity index (χ4n) is 1.84. The normalized spacial score (nSPS) is 12.3. The summed E-state index contributed by atoms with van der Waals surface area (Å²) in [6.45, 7) is 3.73. The van der Waals surface area contributed by atoms with Gasteiger partial charge in [-0.3, -0.25) is 4.79 Å². The van der Waals surface area contributed by atoms with E-state index in [1.807, 2.05) is 31.4 Å². The van der Waals surface area contributed by atoms with E-state index in [1.54, 1.807) is 11.3 Å². The smallest absolute Gasteiger partial charge is 0.236 e. The van der Waals surface area contributed by atoms with Crippen molar-refractivity contribution < 1.29 is 14.3 Å². The van der Waals surface area contributed by atoms with E-state index in [9.17, 15) is 4.79 Å². The molecule has 0 spiro atoms. The number of nitrogens with zero attached hydrogens (tertiary/aromatic N) is 1. The molecule has 0 aliphatic heterocycles. The van der Waals surface area contributed by atoms with E-state index >= 15 is 0 Å². The number of oxazole rings is 1. The second-order valence-corrected chi connectivity index (χ2v) is 5.60. The lowest BCUT2D eigenvalue weighted by molar-refractivity contribution is -0.121. The Hall–Kier alpha value is -1.66. The summed E-state index contributed by atoms with van der Waals surface area (Å²) in [6, 6.07) is 3.82. The van der Waals surface area contributed by atoms with Gasteiger partial charge in [0.2, 0.25) is 11.8 Å². The first kappa shape index (κ1) is 14.7. The van der Waals surface area contributed by atoms with E-state index in [1.165, 1.54) is 0 Å². The molecule has 2 aromatic rings. The summed E-state index contributed by atoms with van der Waals surface area (Å²) in [7, 11) is 0. The molecule has 0 fully saturated rings. The Morgan fingerprint density at radius 2 is 2.40 bits per heavy atom. The molecule has 0 aliphatic carbocycles. The van der Waals surface area contributed by atoms with Gasteiger partial charge in [0, 0.05) is 12.6 Å². The maximum atomic E-state index is 11.9. The van der Waals surface area contributed by atoms with Crippen molar-refractivity contribution in [1.29, 1.82) is 0 Å². The highest BCUT2D eigenvalue weighted by Gasteiger charge is 2.16. The predicted octanol–water partition coefficient (Wildman–Crippen LogP) is 2.14. The molecule has 2 N–H and O–H groups in total. The Balaban J connectivity index is 2.01. The molecule has 2 rings (SSSR count). The molecule has 0 bridgehead atoms. The SMILES string of the molecule is Cc1oc(-c2cccs2)nc1CC(=O)N[C@H](C)CCO. The number of thiophene rings is 1. The van der Waals surface area contributed by atoms with Gasteiger partial charge in [0.25, 0.3) is 0 Å². The third kappa shape index (κ3) is 3.68. The molecule has 0 unspecified atom stereocenters. The van der Waals surface area contributed by atoms with Crippen LogP contribution in [-0.4, -0.2) is 28.6 Å². The molecule has 0 aromatic carbocycles. The summed E-state index contributed by atoms with van der Waals surface area (Å²) < 4.78 is 5.59. The summed E-state index contributed by atoms with van der Waals surface area (Å²) in [6.07, 6.45) is 0.737. The van der Waals surface area contributed by atoms with Gasteiger partial charge < -0.3 is 14.8 Å². The number of hydrogen-bond donors (Lipinski definition) is 2. The summed E-state index contributed by atoms with van der Waals surface area (Å²) in [4.78, 5) is 17.2. The highest BCUT2D eigenvalue weighted by Crippen LogP contribution is 2.25. The van der Waals surface area contributed by atoms with Crippen LogP contribution in [0.25, 0.3) is 10.8 Å². The van der Waals surface area contributed by atoms with E-state index in [2.05, 4.69) is 10.3 Å². The minimum atomic E-state index is -0.111. The topological polar surface area (TPSA) is 75.4 Å². The molecule has 0 aliphatic rings. The Morgan fingerprint density at radius 1 is 1.60 bits per heavy atom. The van der Waals surface area contributed by atoms with Crippen molar-refractivity contribution in [3.8, 4) is 10.8 Å². The molecule has 6 heteroatoms. The lowest BCUT2D eigenvalue weighted by Gasteiger charge is -2.11. The number of aromatic nitrogens is 1. The molecule has 5 nitrogen and oxygen atoms in total. The summed E-state index contributed by atoms with van der Waals surface area (Å²) >= 11 is 1.55. The molecule has 20 heavy (non-hydrogen) atoms. The lowest BCUT2D eigenvalue weighted by atomic mass is 10.2. The van der Waals surface area contributed by atoms with Crippen LogP contribution < -0.4 is 5.32 Å². The molecule has 0 saturated heterocycles. The van der Waals surface area contributed by atoms with Gasteiger partial charge in [0.05, 0.1) is 17.0 Å². The second kappa shape index (κ2) is 6.67. The molecule has 0 radical (unpaired) electrons. The number of aliphatic hydroxyl groups is 1. The van der Waals surface area contributed by atoms with Crippen LogP contribution in [0.15, 0.2) is 21.9 Å². The average molecular weight is 294 g/mol. The molecule has 2 heterocycles. The van der Waals surface area contributed by atoms with Crippen LogP contribution in [0.4, 0.5) is 0 Å². The molecule has 1 atom stereocenters. The first-order valence-corrected chi connectivity index (χ1v) is 7.38. The average Bonchev–Trinajstić information content (AvgIpc) is 3.00. The first-order valence-electron chi connectivity index (χ1n) is 6.50. The van der Waals surface area contributed by atoms with E-state index in [4.69, 9.17) is 9.52 Å². The summed E-state index contributed by atoms with van der Waals surface area (Å²) in [5, 5.41) is 13.6. The molecule has 108 valence electrons. The number of hydrogen-bond acceptors (Lipinski definition) is 5. The van der Waals surface area contributed by atoms with Crippen LogP contribution in [0.1, 0.15) is 24.8 Å². The fraction of sp³-hybridized carbons (Fsp3) is 0.429. The zero-order valence-corrected chi connectivity index (χ0v) is 12.4. The summed E-state index contributed by atoms with van der Waals surface area (Å²) in [5.41, 5.74) is 0.655. The maximum Gasteiger partial charge on any atom is 0.236 e. The predicted molar refractivity (Wildman–Crippen MR) is 77.6 cm³/mol. The van der Waals surface area contributed by atoms with E-state index < -0.39 is 0 Å². The van der Waals surface area contributed by atoms with Gasteiger partial charge in [-0.25, -0.2) is 4.98 Å². The van der Waals surface area contributed by atoms with Gasteiger partial charge in [-0.15, -0.1) is 11.3 Å². The number of nitrogens with one attached hydrogen (secondary N) is 1. The van der Waals surface area contributed by atoms with Gasteiger partial charge in [0.1, 0.15) is 5.76 Å². The standard InChI is InChI=1S/C14H18N2O3S/c1-9(5-6-17)15-13(18)8-11-10(2)19-14(16-11)12-4-3-7-20-12/h3-4,7,9,17H,5-6,8H2,1-2H3,(H,15,18)/t9-/m1/s1. The van der Waals surface area contributed by atoms with Crippen LogP contribution in [0.3, 0.4) is 0 Å². The van der Waals surface area contributed by atoms with Crippen LogP contribution in [-0.2, 0) is 11.2 Å². The maximum absolute atomic E-state index is 11.9. The largest absolute Gasteiger partial charge is 0.440 e. The van der Waals surface area contributed by atoms with Crippen molar-refractivity contribution in [3.05, 3.63) is 29.0 Å². The number of carbonyl (C=O) groups excluding carboxylic acids is 1. The van der Waals surface area contributed by atoms with Gasteiger partial charge in [-0.1, -0.05) is 6.07 Å². The Morgan fingerprint density at radius 3 is 3.05 bits per heavy atom. The molecular formula is C14H18N2O3S. The third-order valence-electron chi connectivity index (χ3n) is 2.92. The molecule has 2 aromatic heterocycles. The summed E-state index contributed by atoms with van der Waals surface area (Å²) in [5.74, 6) is 1.11. The number of aliphatic hydroxyl groups excluding tert-OH is 1. The Bertz CT molecular complexity index is 563. The van der Waals surface area contributed by atoms with Gasteiger partial charge in [-0.2, -0.15) is 0 Å². The number of amides is 1. The minimum Gasteiger partial charge on any atom is -0.440 e. The Labute approximate surface area is 121 Å². The van der Waals surface area contributed by atoms with Crippen molar-refractivity contribution in [2.24, 2.45) is 0 Å². The lowest BCUT2D eigenvalue weighted by Crippen LogP contribution is -2.34. The third-order valence-corrected chi connectivity index (χ3v) is 3.78.